The molecule has 6 heteroatoms. The van der Waals surface area contributed by atoms with Gasteiger partial charge in [-0.1, -0.05) is 0 Å². The van der Waals surface area contributed by atoms with Gasteiger partial charge in [-0.3, -0.25) is 9.20 Å². The van der Waals surface area contributed by atoms with E-state index >= 15 is 0 Å². The first kappa shape index (κ1) is 16.5. The first-order valence-electron chi connectivity index (χ1n) is 7.31. The highest BCUT2D eigenvalue weighted by atomic mass is 16.5. The number of methoxy groups -OCH3 is 2. The van der Waals surface area contributed by atoms with E-state index in [0.29, 0.717) is 32.0 Å². The molecule has 1 amide bonds. The summed E-state index contributed by atoms with van der Waals surface area (Å²) >= 11 is 0. The van der Waals surface area contributed by atoms with Gasteiger partial charge in [0.1, 0.15) is 11.3 Å². The predicted octanol–water partition coefficient (Wildman–Crippen LogP) is 1.69. The zero-order valence-electron chi connectivity index (χ0n) is 13.6. The van der Waals surface area contributed by atoms with Crippen molar-refractivity contribution in [2.45, 2.75) is 13.8 Å². The maximum absolute atomic E-state index is 12.9. The van der Waals surface area contributed by atoms with Crippen LogP contribution >= 0.6 is 0 Å². The zero-order chi connectivity index (χ0) is 16.1. The van der Waals surface area contributed by atoms with E-state index in [9.17, 15) is 4.79 Å². The quantitative estimate of drug-likeness (QED) is 0.781. The van der Waals surface area contributed by atoms with Gasteiger partial charge in [-0.25, -0.2) is 4.98 Å². The fraction of sp³-hybridized carbons (Fsp3) is 0.500. The van der Waals surface area contributed by atoms with Crippen LogP contribution in [0, 0.1) is 13.8 Å². The van der Waals surface area contributed by atoms with E-state index in [1.165, 1.54) is 0 Å². The van der Waals surface area contributed by atoms with Crippen molar-refractivity contribution in [3.63, 3.8) is 0 Å². The molecular weight excluding hydrogens is 282 g/mol. The standard InChI is InChI=1S/C16H23N3O3/c1-12-5-6-19-14(11-12)17-13(2)15(19)16(20)18(7-9-21-3)8-10-22-4/h5-6,11H,7-10H2,1-4H3. The number of fused-ring (bicyclic) bond motifs is 1. The Morgan fingerprint density at radius 1 is 1.23 bits per heavy atom. The Morgan fingerprint density at radius 3 is 2.45 bits per heavy atom. The fourth-order valence-corrected chi connectivity index (χ4v) is 2.39. The van der Waals surface area contributed by atoms with Gasteiger partial charge in [0, 0.05) is 33.5 Å². The zero-order valence-corrected chi connectivity index (χ0v) is 13.6. The molecule has 120 valence electrons. The summed E-state index contributed by atoms with van der Waals surface area (Å²) in [6, 6.07) is 3.94. The lowest BCUT2D eigenvalue weighted by atomic mass is 10.2. The molecule has 0 radical (unpaired) electrons. The molecule has 0 spiro atoms. The third-order valence-electron chi connectivity index (χ3n) is 3.58. The van der Waals surface area contributed by atoms with Crippen molar-refractivity contribution in [3.05, 3.63) is 35.3 Å². The minimum Gasteiger partial charge on any atom is -0.383 e. The largest absolute Gasteiger partial charge is 0.383 e. The van der Waals surface area contributed by atoms with E-state index in [1.807, 2.05) is 36.6 Å². The summed E-state index contributed by atoms with van der Waals surface area (Å²) in [6.07, 6.45) is 1.89. The van der Waals surface area contributed by atoms with Gasteiger partial charge in [-0.2, -0.15) is 0 Å². The van der Waals surface area contributed by atoms with Gasteiger partial charge in [0.05, 0.1) is 18.9 Å². The molecule has 2 aromatic rings. The molecule has 0 saturated carbocycles. The average Bonchev–Trinajstić information content (AvgIpc) is 2.81. The number of amides is 1. The number of ether oxygens (including phenoxy) is 2. The fourth-order valence-electron chi connectivity index (χ4n) is 2.39. The van der Waals surface area contributed by atoms with Crippen molar-refractivity contribution in [3.8, 4) is 0 Å². The maximum Gasteiger partial charge on any atom is 0.272 e. The Hall–Kier alpha value is -1.92. The van der Waals surface area contributed by atoms with Crippen molar-refractivity contribution in [1.82, 2.24) is 14.3 Å². The molecule has 0 N–H and O–H groups in total. The van der Waals surface area contributed by atoms with E-state index in [1.54, 1.807) is 19.1 Å². The third kappa shape index (κ3) is 3.45. The second-order valence-electron chi connectivity index (χ2n) is 5.26. The predicted molar refractivity (Wildman–Crippen MR) is 84.3 cm³/mol. The van der Waals surface area contributed by atoms with E-state index < -0.39 is 0 Å². The monoisotopic (exact) mass is 305 g/mol. The molecule has 0 bridgehead atoms. The van der Waals surface area contributed by atoms with Crippen molar-refractivity contribution in [2.24, 2.45) is 0 Å². The van der Waals surface area contributed by atoms with Gasteiger partial charge in [0.2, 0.25) is 0 Å². The molecule has 2 aromatic heterocycles. The number of rotatable bonds is 7. The number of nitrogens with zero attached hydrogens (tertiary/aromatic N) is 3. The van der Waals surface area contributed by atoms with Crippen LogP contribution in [-0.2, 0) is 9.47 Å². The Kier molecular flexibility index (Phi) is 5.51. The second kappa shape index (κ2) is 7.38. The van der Waals surface area contributed by atoms with Crippen molar-refractivity contribution < 1.29 is 14.3 Å². The SMILES string of the molecule is COCCN(CCOC)C(=O)c1c(C)nc2cc(C)ccn12. The first-order valence-corrected chi connectivity index (χ1v) is 7.31. The van der Waals surface area contributed by atoms with Gasteiger partial charge >= 0.3 is 0 Å². The lowest BCUT2D eigenvalue weighted by Gasteiger charge is -2.22. The summed E-state index contributed by atoms with van der Waals surface area (Å²) in [7, 11) is 3.25. The third-order valence-corrected chi connectivity index (χ3v) is 3.58. The maximum atomic E-state index is 12.9. The Bertz CT molecular complexity index is 643. The number of hydrogen-bond acceptors (Lipinski definition) is 4. The molecule has 0 aliphatic carbocycles. The number of carbonyl (C=O) groups excluding carboxylic acids is 1. The van der Waals surface area contributed by atoms with Gasteiger partial charge in [-0.05, 0) is 31.5 Å². The van der Waals surface area contributed by atoms with E-state index in [2.05, 4.69) is 4.98 Å². The van der Waals surface area contributed by atoms with Crippen LogP contribution in [0.4, 0.5) is 0 Å². The number of imidazole rings is 1. The van der Waals surface area contributed by atoms with Crippen LogP contribution in [0.2, 0.25) is 0 Å². The van der Waals surface area contributed by atoms with Gasteiger partial charge in [0.25, 0.3) is 5.91 Å². The van der Waals surface area contributed by atoms with Crippen LogP contribution in [0.3, 0.4) is 0 Å². The van der Waals surface area contributed by atoms with Crippen LogP contribution in [0.5, 0.6) is 0 Å². The molecular formula is C16H23N3O3. The van der Waals surface area contributed by atoms with Gasteiger partial charge < -0.3 is 14.4 Å². The molecule has 22 heavy (non-hydrogen) atoms. The summed E-state index contributed by atoms with van der Waals surface area (Å²) in [4.78, 5) is 19.1. The van der Waals surface area contributed by atoms with E-state index in [-0.39, 0.29) is 5.91 Å². The molecule has 0 atom stereocenters. The Labute approximate surface area is 130 Å². The molecule has 0 fully saturated rings. The lowest BCUT2D eigenvalue weighted by molar-refractivity contribution is 0.0620. The highest BCUT2D eigenvalue weighted by molar-refractivity contribution is 5.94. The van der Waals surface area contributed by atoms with E-state index in [4.69, 9.17) is 9.47 Å². The minimum absolute atomic E-state index is 0.0528. The number of hydrogen-bond donors (Lipinski definition) is 0. The highest BCUT2D eigenvalue weighted by Gasteiger charge is 2.22. The molecule has 0 aliphatic rings. The normalized spacial score (nSPS) is 11.1. The minimum atomic E-state index is -0.0528. The summed E-state index contributed by atoms with van der Waals surface area (Å²) in [5, 5.41) is 0. The molecule has 0 saturated heterocycles. The van der Waals surface area contributed by atoms with Crippen LogP contribution in [0.25, 0.3) is 5.65 Å². The molecule has 0 aliphatic heterocycles. The van der Waals surface area contributed by atoms with Crippen LogP contribution in [0.15, 0.2) is 18.3 Å². The number of carbonyl (C=O) groups is 1. The van der Waals surface area contributed by atoms with Gasteiger partial charge in [0.15, 0.2) is 0 Å². The summed E-state index contributed by atoms with van der Waals surface area (Å²) < 4.78 is 12.0. The molecule has 2 heterocycles. The lowest BCUT2D eigenvalue weighted by Crippen LogP contribution is -2.37. The number of pyridine rings is 1. The summed E-state index contributed by atoms with van der Waals surface area (Å²) in [5.74, 6) is -0.0528. The molecule has 6 nitrogen and oxygen atoms in total. The van der Waals surface area contributed by atoms with Crippen molar-refractivity contribution >= 4 is 11.6 Å². The Balaban J connectivity index is 2.34. The Morgan fingerprint density at radius 2 is 1.86 bits per heavy atom. The highest BCUT2D eigenvalue weighted by Crippen LogP contribution is 2.15. The van der Waals surface area contributed by atoms with Gasteiger partial charge in [-0.15, -0.1) is 0 Å². The van der Waals surface area contributed by atoms with E-state index in [0.717, 1.165) is 16.9 Å². The van der Waals surface area contributed by atoms with Crippen LogP contribution in [0.1, 0.15) is 21.7 Å². The van der Waals surface area contributed by atoms with Crippen LogP contribution in [-0.4, -0.2) is 60.7 Å². The number of aromatic nitrogens is 2. The molecule has 0 aromatic carbocycles. The number of aryl methyl sites for hydroxylation is 2. The van der Waals surface area contributed by atoms with Crippen molar-refractivity contribution in [1.29, 1.82) is 0 Å². The first-order chi connectivity index (χ1) is 10.6. The van der Waals surface area contributed by atoms with Crippen LogP contribution < -0.4 is 0 Å². The molecule has 0 unspecified atom stereocenters. The molecule has 2 rings (SSSR count). The van der Waals surface area contributed by atoms with Crippen molar-refractivity contribution in [2.75, 3.05) is 40.5 Å². The summed E-state index contributed by atoms with van der Waals surface area (Å²) in [5.41, 5.74) is 3.24. The average molecular weight is 305 g/mol. The second-order valence-corrected chi connectivity index (χ2v) is 5.26. The topological polar surface area (TPSA) is 56.1 Å². The summed E-state index contributed by atoms with van der Waals surface area (Å²) in [6.45, 7) is 5.90. The smallest absolute Gasteiger partial charge is 0.272 e.